The lowest BCUT2D eigenvalue weighted by Gasteiger charge is -2.22. The molecule has 5 rings (SSSR count). The number of esters is 1. The standard InChI is InChI=1S/C28H29ClFN3O4/c1-15-32-26(33-37-15)24-20(11-19(29)12-21(24)30)18-9-16-5-6-17(25(16)31-14-18)10-22(34)28(7-8-28)13-23(35)36-27(2,3)4/h9,11-12,14,17H,5-8,10,13H2,1-4H3. The molecule has 0 bridgehead atoms. The number of aromatic nitrogens is 3. The van der Waals surface area contributed by atoms with Gasteiger partial charge in [-0.1, -0.05) is 16.8 Å². The number of hydrogen-bond donors (Lipinski definition) is 0. The zero-order valence-corrected chi connectivity index (χ0v) is 22.1. The van der Waals surface area contributed by atoms with E-state index in [1.54, 1.807) is 19.2 Å². The van der Waals surface area contributed by atoms with Crippen molar-refractivity contribution in [1.29, 1.82) is 0 Å². The van der Waals surface area contributed by atoms with Crippen LogP contribution in [0.3, 0.4) is 0 Å². The number of halogens is 2. The number of rotatable bonds is 7. The fourth-order valence-corrected chi connectivity index (χ4v) is 5.33. The largest absolute Gasteiger partial charge is 0.460 e. The number of ketones is 1. The van der Waals surface area contributed by atoms with Crippen molar-refractivity contribution < 1.29 is 23.2 Å². The SMILES string of the molecule is Cc1nc(-c2c(F)cc(Cl)cc2-c2cnc3c(c2)CCC3CC(=O)C2(CC(=O)OC(C)(C)C)CC2)no1. The minimum atomic E-state index is -0.596. The quantitative estimate of drug-likeness (QED) is 0.329. The molecule has 1 atom stereocenters. The van der Waals surface area contributed by atoms with Crippen LogP contribution in [-0.2, 0) is 20.7 Å². The van der Waals surface area contributed by atoms with Gasteiger partial charge in [0.1, 0.15) is 17.2 Å². The molecule has 0 aliphatic heterocycles. The Kier molecular flexibility index (Phi) is 6.42. The second kappa shape index (κ2) is 9.31. The van der Waals surface area contributed by atoms with Gasteiger partial charge in [-0.25, -0.2) is 4.39 Å². The number of carbonyl (C=O) groups is 2. The van der Waals surface area contributed by atoms with Gasteiger partial charge in [0.05, 0.1) is 12.0 Å². The summed E-state index contributed by atoms with van der Waals surface area (Å²) in [5, 5.41) is 4.14. The number of aryl methyl sites for hydroxylation is 2. The molecule has 2 aliphatic rings. The molecule has 0 amide bonds. The number of pyridine rings is 1. The number of benzene rings is 1. The number of carbonyl (C=O) groups excluding carboxylic acids is 2. The molecule has 0 spiro atoms. The van der Waals surface area contributed by atoms with E-state index in [1.807, 2.05) is 26.8 Å². The van der Waals surface area contributed by atoms with E-state index < -0.39 is 16.8 Å². The molecule has 2 aliphatic carbocycles. The molecule has 37 heavy (non-hydrogen) atoms. The Morgan fingerprint density at radius 2 is 2.00 bits per heavy atom. The highest BCUT2D eigenvalue weighted by Crippen LogP contribution is 2.52. The summed E-state index contributed by atoms with van der Waals surface area (Å²) in [5.41, 5.74) is 2.14. The number of hydrogen-bond acceptors (Lipinski definition) is 7. The Balaban J connectivity index is 1.36. The summed E-state index contributed by atoms with van der Waals surface area (Å²) in [4.78, 5) is 34.5. The van der Waals surface area contributed by atoms with Crippen LogP contribution in [0.4, 0.5) is 4.39 Å². The maximum atomic E-state index is 15.0. The molecule has 0 N–H and O–H groups in total. The van der Waals surface area contributed by atoms with E-state index in [2.05, 4.69) is 10.1 Å². The van der Waals surface area contributed by atoms with E-state index in [-0.39, 0.29) is 40.5 Å². The average Bonchev–Trinajstić information content (AvgIpc) is 3.28. The number of fused-ring (bicyclic) bond motifs is 1. The maximum absolute atomic E-state index is 15.0. The van der Waals surface area contributed by atoms with Crippen molar-refractivity contribution in [3.8, 4) is 22.5 Å². The van der Waals surface area contributed by atoms with E-state index in [0.717, 1.165) is 36.9 Å². The second-order valence-corrected chi connectivity index (χ2v) is 11.6. The lowest BCUT2D eigenvalue weighted by molar-refractivity contribution is -0.157. The average molecular weight is 526 g/mol. The summed E-state index contributed by atoms with van der Waals surface area (Å²) in [6, 6.07) is 4.86. The first-order valence-corrected chi connectivity index (χ1v) is 12.9. The van der Waals surface area contributed by atoms with Crippen LogP contribution in [0.5, 0.6) is 0 Å². The lowest BCUT2D eigenvalue weighted by Crippen LogP contribution is -2.28. The molecule has 0 saturated heterocycles. The van der Waals surface area contributed by atoms with Crippen LogP contribution < -0.4 is 0 Å². The summed E-state index contributed by atoms with van der Waals surface area (Å²) in [6.45, 7) is 7.12. The van der Waals surface area contributed by atoms with Crippen LogP contribution >= 0.6 is 11.6 Å². The van der Waals surface area contributed by atoms with Gasteiger partial charge in [0, 0.05) is 47.2 Å². The Labute approximate surface area is 219 Å². The van der Waals surface area contributed by atoms with Crippen LogP contribution in [0, 0.1) is 18.2 Å². The predicted molar refractivity (Wildman–Crippen MR) is 135 cm³/mol. The van der Waals surface area contributed by atoms with Crippen molar-refractivity contribution in [3.63, 3.8) is 0 Å². The summed E-state index contributed by atoms with van der Waals surface area (Å²) in [5.74, 6) is -0.307. The minimum Gasteiger partial charge on any atom is -0.460 e. The molecule has 1 unspecified atom stereocenters. The molecule has 1 aromatic carbocycles. The third-order valence-electron chi connectivity index (χ3n) is 7.05. The van der Waals surface area contributed by atoms with Crippen molar-refractivity contribution in [2.24, 2.45) is 5.41 Å². The molecule has 1 fully saturated rings. The molecular weight excluding hydrogens is 497 g/mol. The number of ether oxygens (including phenoxy) is 1. The van der Waals surface area contributed by atoms with Gasteiger partial charge in [0.15, 0.2) is 0 Å². The maximum Gasteiger partial charge on any atom is 0.307 e. The van der Waals surface area contributed by atoms with Gasteiger partial charge in [-0.3, -0.25) is 14.6 Å². The highest BCUT2D eigenvalue weighted by Gasteiger charge is 2.51. The topological polar surface area (TPSA) is 95.2 Å². The third kappa shape index (κ3) is 5.30. The van der Waals surface area contributed by atoms with E-state index in [1.165, 1.54) is 6.07 Å². The molecule has 0 radical (unpaired) electrons. The molecule has 2 aromatic heterocycles. The van der Waals surface area contributed by atoms with Gasteiger partial charge in [-0.2, -0.15) is 4.98 Å². The van der Waals surface area contributed by atoms with Gasteiger partial charge in [0.2, 0.25) is 11.7 Å². The first-order chi connectivity index (χ1) is 17.4. The Morgan fingerprint density at radius 1 is 1.24 bits per heavy atom. The van der Waals surface area contributed by atoms with Crippen molar-refractivity contribution in [1.82, 2.24) is 15.1 Å². The summed E-state index contributed by atoms with van der Waals surface area (Å²) < 4.78 is 25.5. The summed E-state index contributed by atoms with van der Waals surface area (Å²) in [7, 11) is 0. The van der Waals surface area contributed by atoms with Gasteiger partial charge in [-0.05, 0) is 75.8 Å². The first kappa shape index (κ1) is 25.5. The Hall–Kier alpha value is -3.13. The zero-order chi connectivity index (χ0) is 26.5. The Bertz CT molecular complexity index is 1390. The smallest absolute Gasteiger partial charge is 0.307 e. The monoisotopic (exact) mass is 525 g/mol. The van der Waals surface area contributed by atoms with Gasteiger partial charge in [0.25, 0.3) is 0 Å². The van der Waals surface area contributed by atoms with Gasteiger partial charge < -0.3 is 9.26 Å². The van der Waals surface area contributed by atoms with Crippen LogP contribution in [0.15, 0.2) is 28.9 Å². The van der Waals surface area contributed by atoms with Crippen LogP contribution in [0.25, 0.3) is 22.5 Å². The molecule has 2 heterocycles. The van der Waals surface area contributed by atoms with Crippen molar-refractivity contribution in [2.45, 2.75) is 77.7 Å². The highest BCUT2D eigenvalue weighted by molar-refractivity contribution is 6.31. The van der Waals surface area contributed by atoms with Gasteiger partial charge in [-0.15, -0.1) is 0 Å². The minimum absolute atomic E-state index is 0.0110. The van der Waals surface area contributed by atoms with E-state index in [0.29, 0.717) is 23.4 Å². The van der Waals surface area contributed by atoms with Crippen LogP contribution in [0.2, 0.25) is 5.02 Å². The summed E-state index contributed by atoms with van der Waals surface area (Å²) in [6.07, 6.45) is 5.14. The highest BCUT2D eigenvalue weighted by atomic mass is 35.5. The predicted octanol–water partition coefficient (Wildman–Crippen LogP) is 6.40. The van der Waals surface area contributed by atoms with Crippen LogP contribution in [0.1, 0.15) is 75.9 Å². The molecule has 3 aromatic rings. The summed E-state index contributed by atoms with van der Waals surface area (Å²) >= 11 is 6.19. The first-order valence-electron chi connectivity index (χ1n) is 12.5. The van der Waals surface area contributed by atoms with Crippen LogP contribution in [-0.4, -0.2) is 32.5 Å². The zero-order valence-electron chi connectivity index (χ0n) is 21.4. The molecular formula is C28H29ClFN3O4. The molecule has 1 saturated carbocycles. The fraction of sp³-hybridized carbons (Fsp3) is 0.464. The second-order valence-electron chi connectivity index (χ2n) is 11.1. The molecule has 7 nitrogen and oxygen atoms in total. The van der Waals surface area contributed by atoms with Crippen molar-refractivity contribution >= 4 is 23.4 Å². The van der Waals surface area contributed by atoms with Gasteiger partial charge >= 0.3 is 5.97 Å². The normalized spacial score (nSPS) is 17.9. The third-order valence-corrected chi connectivity index (χ3v) is 7.27. The van der Waals surface area contributed by atoms with Crippen molar-refractivity contribution in [2.75, 3.05) is 0 Å². The molecule has 9 heteroatoms. The fourth-order valence-electron chi connectivity index (χ4n) is 5.13. The molecule has 194 valence electrons. The number of nitrogens with zero attached hydrogens (tertiary/aromatic N) is 3. The lowest BCUT2D eigenvalue weighted by atomic mass is 9.88. The van der Waals surface area contributed by atoms with E-state index >= 15 is 0 Å². The number of Topliss-reactive ketones (excluding diaryl/α,β-unsaturated/α-hetero) is 1. The van der Waals surface area contributed by atoms with E-state index in [4.69, 9.17) is 25.8 Å². The van der Waals surface area contributed by atoms with Crippen molar-refractivity contribution in [3.05, 3.63) is 52.4 Å². The Morgan fingerprint density at radius 3 is 2.65 bits per heavy atom. The van der Waals surface area contributed by atoms with E-state index in [9.17, 15) is 14.0 Å².